The van der Waals surface area contributed by atoms with E-state index in [0.717, 1.165) is 30.2 Å². The molecule has 0 fully saturated rings. The lowest BCUT2D eigenvalue weighted by Crippen LogP contribution is -2.13. The Balaban J connectivity index is 1.96. The summed E-state index contributed by atoms with van der Waals surface area (Å²) in [5, 5.41) is 4.67. The molecule has 2 nitrogen and oxygen atoms in total. The molecule has 20 heavy (non-hydrogen) atoms. The summed E-state index contributed by atoms with van der Waals surface area (Å²) in [5.41, 5.74) is 0.830. The van der Waals surface area contributed by atoms with Crippen LogP contribution in [0.5, 0.6) is 0 Å². The third kappa shape index (κ3) is 4.27. The highest BCUT2D eigenvalue weighted by Gasteiger charge is 2.09. The van der Waals surface area contributed by atoms with E-state index in [1.165, 1.54) is 19.3 Å². The summed E-state index contributed by atoms with van der Waals surface area (Å²) in [6, 6.07) is 9.28. The van der Waals surface area contributed by atoms with Crippen LogP contribution in [0, 0.1) is 0 Å². The van der Waals surface area contributed by atoms with E-state index in [-0.39, 0.29) is 0 Å². The Bertz CT molecular complexity index is 551. The topological polar surface area (TPSA) is 25.2 Å². The molecule has 1 aromatic carbocycles. The molecule has 108 valence electrons. The van der Waals surface area contributed by atoms with Gasteiger partial charge in [-0.05, 0) is 43.3 Å². The highest BCUT2D eigenvalue weighted by molar-refractivity contribution is 6.35. The van der Waals surface area contributed by atoms with Crippen LogP contribution < -0.4 is 5.32 Å². The van der Waals surface area contributed by atoms with Crippen molar-refractivity contribution in [2.24, 2.45) is 0 Å². The van der Waals surface area contributed by atoms with Gasteiger partial charge in [0.1, 0.15) is 11.5 Å². The number of halogens is 2. The van der Waals surface area contributed by atoms with Gasteiger partial charge in [0.15, 0.2) is 0 Å². The molecule has 0 amide bonds. The molecule has 2 rings (SSSR count). The van der Waals surface area contributed by atoms with E-state index in [1.54, 1.807) is 12.1 Å². The van der Waals surface area contributed by atoms with Crippen LogP contribution in [0.15, 0.2) is 34.7 Å². The molecule has 1 aromatic heterocycles. The van der Waals surface area contributed by atoms with Crippen LogP contribution in [0.2, 0.25) is 10.0 Å². The van der Waals surface area contributed by atoms with Gasteiger partial charge >= 0.3 is 0 Å². The van der Waals surface area contributed by atoms with Crippen LogP contribution in [0.3, 0.4) is 0 Å². The molecule has 0 radical (unpaired) electrons. The van der Waals surface area contributed by atoms with Crippen molar-refractivity contribution in [1.29, 1.82) is 0 Å². The number of furan rings is 1. The van der Waals surface area contributed by atoms with Crippen molar-refractivity contribution < 1.29 is 4.42 Å². The maximum atomic E-state index is 6.17. The second-order valence-electron chi connectivity index (χ2n) is 4.77. The lowest BCUT2D eigenvalue weighted by atomic mass is 10.2. The van der Waals surface area contributed by atoms with E-state index in [1.807, 2.05) is 18.2 Å². The number of rotatable bonds is 7. The van der Waals surface area contributed by atoms with E-state index in [4.69, 9.17) is 27.6 Å². The van der Waals surface area contributed by atoms with Gasteiger partial charge in [0.25, 0.3) is 0 Å². The zero-order valence-electron chi connectivity index (χ0n) is 11.6. The standard InChI is InChI=1S/C16H19Cl2NO/c1-2-3-4-9-19-11-13-6-8-16(20-13)14-10-12(17)5-7-15(14)18/h5-8,10,19H,2-4,9,11H2,1H3. The summed E-state index contributed by atoms with van der Waals surface area (Å²) < 4.78 is 5.81. The first-order valence-corrected chi connectivity index (χ1v) is 7.71. The van der Waals surface area contributed by atoms with Crippen LogP contribution in [0.4, 0.5) is 0 Å². The van der Waals surface area contributed by atoms with Gasteiger partial charge in [0, 0.05) is 10.6 Å². The molecule has 0 saturated carbocycles. The van der Waals surface area contributed by atoms with Gasteiger partial charge in [-0.15, -0.1) is 0 Å². The Hall–Kier alpha value is -0.960. The third-order valence-corrected chi connectivity index (χ3v) is 3.68. The van der Waals surface area contributed by atoms with Crippen LogP contribution in [0.1, 0.15) is 31.9 Å². The van der Waals surface area contributed by atoms with E-state index >= 15 is 0 Å². The average molecular weight is 312 g/mol. The molecule has 0 aliphatic carbocycles. The number of hydrogen-bond acceptors (Lipinski definition) is 2. The van der Waals surface area contributed by atoms with Crippen molar-refractivity contribution in [3.05, 3.63) is 46.1 Å². The molecule has 0 saturated heterocycles. The predicted molar refractivity (Wildman–Crippen MR) is 85.4 cm³/mol. The normalized spacial score (nSPS) is 10.9. The summed E-state index contributed by atoms with van der Waals surface area (Å²) >= 11 is 12.2. The fraction of sp³-hybridized carbons (Fsp3) is 0.375. The molecular formula is C16H19Cl2NO. The number of benzene rings is 1. The second kappa shape index (κ2) is 7.72. The van der Waals surface area contributed by atoms with Crippen LogP contribution in [-0.4, -0.2) is 6.54 Å². The summed E-state index contributed by atoms with van der Waals surface area (Å²) in [7, 11) is 0. The lowest BCUT2D eigenvalue weighted by Gasteiger charge is -2.03. The predicted octanol–water partition coefficient (Wildman–Crippen LogP) is 5.53. The quantitative estimate of drug-likeness (QED) is 0.680. The summed E-state index contributed by atoms with van der Waals surface area (Å²) in [4.78, 5) is 0. The zero-order chi connectivity index (χ0) is 14.4. The number of unbranched alkanes of at least 4 members (excludes halogenated alkanes) is 2. The Kier molecular flexibility index (Phi) is 5.96. The Morgan fingerprint density at radius 1 is 1.10 bits per heavy atom. The second-order valence-corrected chi connectivity index (χ2v) is 5.62. The molecule has 0 aliphatic rings. The minimum atomic E-state index is 0.645. The van der Waals surface area contributed by atoms with Crippen molar-refractivity contribution in [2.75, 3.05) is 6.54 Å². The fourth-order valence-corrected chi connectivity index (χ4v) is 2.40. The molecule has 4 heteroatoms. The lowest BCUT2D eigenvalue weighted by molar-refractivity contribution is 0.488. The Morgan fingerprint density at radius 3 is 2.75 bits per heavy atom. The molecule has 0 aliphatic heterocycles. The first-order chi connectivity index (χ1) is 9.70. The van der Waals surface area contributed by atoms with Gasteiger partial charge in [-0.25, -0.2) is 0 Å². The van der Waals surface area contributed by atoms with Crippen molar-refractivity contribution in [3.8, 4) is 11.3 Å². The molecule has 2 aromatic rings. The number of hydrogen-bond donors (Lipinski definition) is 1. The largest absolute Gasteiger partial charge is 0.460 e. The highest BCUT2D eigenvalue weighted by atomic mass is 35.5. The van der Waals surface area contributed by atoms with Gasteiger partial charge in [0.05, 0.1) is 11.6 Å². The van der Waals surface area contributed by atoms with Crippen LogP contribution in [-0.2, 0) is 6.54 Å². The van der Waals surface area contributed by atoms with Gasteiger partial charge in [-0.3, -0.25) is 0 Å². The van der Waals surface area contributed by atoms with Crippen LogP contribution >= 0.6 is 23.2 Å². The molecule has 0 spiro atoms. The molecule has 0 atom stereocenters. The minimum Gasteiger partial charge on any atom is -0.460 e. The molecular weight excluding hydrogens is 293 g/mol. The first kappa shape index (κ1) is 15.4. The summed E-state index contributed by atoms with van der Waals surface area (Å²) in [6.45, 7) is 3.96. The Labute approximate surface area is 130 Å². The monoisotopic (exact) mass is 311 g/mol. The van der Waals surface area contributed by atoms with Crippen molar-refractivity contribution in [3.63, 3.8) is 0 Å². The maximum Gasteiger partial charge on any atom is 0.135 e. The number of nitrogens with one attached hydrogen (secondary N) is 1. The highest BCUT2D eigenvalue weighted by Crippen LogP contribution is 2.31. The smallest absolute Gasteiger partial charge is 0.135 e. The summed E-state index contributed by atoms with van der Waals surface area (Å²) in [6.07, 6.45) is 3.69. The van der Waals surface area contributed by atoms with Crippen molar-refractivity contribution in [2.45, 2.75) is 32.7 Å². The molecule has 1 heterocycles. The Morgan fingerprint density at radius 2 is 1.95 bits per heavy atom. The van der Waals surface area contributed by atoms with E-state index in [9.17, 15) is 0 Å². The van der Waals surface area contributed by atoms with Gasteiger partial charge in [-0.2, -0.15) is 0 Å². The zero-order valence-corrected chi connectivity index (χ0v) is 13.1. The van der Waals surface area contributed by atoms with Crippen LogP contribution in [0.25, 0.3) is 11.3 Å². The molecule has 0 unspecified atom stereocenters. The van der Waals surface area contributed by atoms with E-state index < -0.39 is 0 Å². The van der Waals surface area contributed by atoms with Gasteiger partial charge < -0.3 is 9.73 Å². The SMILES string of the molecule is CCCCCNCc1ccc(-c2cc(Cl)ccc2Cl)o1. The molecule has 1 N–H and O–H groups in total. The molecule has 0 bridgehead atoms. The first-order valence-electron chi connectivity index (χ1n) is 6.95. The third-order valence-electron chi connectivity index (χ3n) is 3.11. The van der Waals surface area contributed by atoms with Crippen molar-refractivity contribution >= 4 is 23.2 Å². The summed E-state index contributed by atoms with van der Waals surface area (Å²) in [5.74, 6) is 1.66. The van der Waals surface area contributed by atoms with E-state index in [0.29, 0.717) is 10.0 Å². The average Bonchev–Trinajstić information content (AvgIpc) is 2.90. The maximum absolute atomic E-state index is 6.17. The minimum absolute atomic E-state index is 0.645. The van der Waals surface area contributed by atoms with E-state index in [2.05, 4.69) is 12.2 Å². The fourth-order valence-electron chi connectivity index (χ4n) is 2.02. The van der Waals surface area contributed by atoms with Gasteiger partial charge in [0.2, 0.25) is 0 Å². The van der Waals surface area contributed by atoms with Gasteiger partial charge in [-0.1, -0.05) is 43.0 Å². The van der Waals surface area contributed by atoms with Crippen molar-refractivity contribution in [1.82, 2.24) is 5.32 Å².